The standard InChI is InChI=1S/C14H17BrN2O/c1-17-13-9-10(15)7-8-12(13)16-14(17)18-11-5-3-2-4-6-11/h7-9,11H,2-6H2,1H3. The Kier molecular flexibility index (Phi) is 3.29. The van der Waals surface area contributed by atoms with Gasteiger partial charge in [-0.05, 0) is 43.9 Å². The molecule has 1 heterocycles. The van der Waals surface area contributed by atoms with Crippen molar-refractivity contribution in [3.8, 4) is 6.01 Å². The lowest BCUT2D eigenvalue weighted by atomic mass is 9.98. The number of ether oxygens (including phenoxy) is 1. The van der Waals surface area contributed by atoms with Crippen LogP contribution in [-0.2, 0) is 7.05 Å². The first-order valence-corrected chi connectivity index (χ1v) is 7.32. The van der Waals surface area contributed by atoms with Crippen LogP contribution in [0.2, 0.25) is 0 Å². The van der Waals surface area contributed by atoms with Crippen LogP contribution in [0.1, 0.15) is 32.1 Å². The Morgan fingerprint density at radius 2 is 2.06 bits per heavy atom. The molecule has 1 aliphatic rings. The second-order valence-electron chi connectivity index (χ2n) is 4.96. The predicted octanol–water partition coefficient (Wildman–Crippen LogP) is 4.05. The van der Waals surface area contributed by atoms with Gasteiger partial charge in [0.25, 0.3) is 6.01 Å². The number of imidazole rings is 1. The molecular formula is C14H17BrN2O. The Hall–Kier alpha value is -1.03. The fraction of sp³-hybridized carbons (Fsp3) is 0.500. The molecule has 18 heavy (non-hydrogen) atoms. The third-order valence-corrected chi connectivity index (χ3v) is 4.12. The molecule has 4 heteroatoms. The summed E-state index contributed by atoms with van der Waals surface area (Å²) in [5.74, 6) is 0. The summed E-state index contributed by atoms with van der Waals surface area (Å²) in [7, 11) is 2.01. The van der Waals surface area contributed by atoms with Crippen molar-refractivity contribution in [2.75, 3.05) is 0 Å². The lowest BCUT2D eigenvalue weighted by molar-refractivity contribution is 0.138. The molecule has 0 saturated heterocycles. The van der Waals surface area contributed by atoms with E-state index in [1.807, 2.05) is 23.7 Å². The van der Waals surface area contributed by atoms with Gasteiger partial charge >= 0.3 is 0 Å². The Labute approximate surface area is 115 Å². The van der Waals surface area contributed by atoms with Crippen molar-refractivity contribution in [3.63, 3.8) is 0 Å². The summed E-state index contributed by atoms with van der Waals surface area (Å²) in [6.45, 7) is 0. The second-order valence-corrected chi connectivity index (χ2v) is 5.88. The number of benzene rings is 1. The Morgan fingerprint density at radius 3 is 2.83 bits per heavy atom. The quantitative estimate of drug-likeness (QED) is 0.837. The summed E-state index contributed by atoms with van der Waals surface area (Å²) >= 11 is 3.49. The molecule has 0 bridgehead atoms. The van der Waals surface area contributed by atoms with E-state index in [0.29, 0.717) is 6.10 Å². The summed E-state index contributed by atoms with van der Waals surface area (Å²) < 4.78 is 9.16. The zero-order chi connectivity index (χ0) is 12.5. The van der Waals surface area contributed by atoms with Crippen LogP contribution in [0.4, 0.5) is 0 Å². The molecule has 1 fully saturated rings. The van der Waals surface area contributed by atoms with Crippen LogP contribution in [0.15, 0.2) is 22.7 Å². The SMILES string of the molecule is Cn1c(OC2CCCCC2)nc2ccc(Br)cc21. The van der Waals surface area contributed by atoms with Crippen LogP contribution in [0.3, 0.4) is 0 Å². The fourth-order valence-electron chi connectivity index (χ4n) is 2.58. The Balaban J connectivity index is 1.89. The average Bonchev–Trinajstić information content (AvgIpc) is 2.68. The van der Waals surface area contributed by atoms with Crippen molar-refractivity contribution in [1.29, 1.82) is 0 Å². The summed E-state index contributed by atoms with van der Waals surface area (Å²) in [6.07, 6.45) is 6.56. The Morgan fingerprint density at radius 1 is 1.28 bits per heavy atom. The fourth-order valence-corrected chi connectivity index (χ4v) is 2.93. The topological polar surface area (TPSA) is 27.1 Å². The lowest BCUT2D eigenvalue weighted by Gasteiger charge is -2.22. The van der Waals surface area contributed by atoms with E-state index in [2.05, 4.69) is 27.0 Å². The number of aryl methyl sites for hydroxylation is 1. The van der Waals surface area contributed by atoms with Gasteiger partial charge in [0.15, 0.2) is 0 Å². The van der Waals surface area contributed by atoms with Crippen LogP contribution in [0.5, 0.6) is 6.01 Å². The van der Waals surface area contributed by atoms with E-state index in [-0.39, 0.29) is 0 Å². The molecule has 0 amide bonds. The van der Waals surface area contributed by atoms with Gasteiger partial charge in [-0.3, -0.25) is 4.57 Å². The minimum absolute atomic E-state index is 0.345. The zero-order valence-electron chi connectivity index (χ0n) is 10.5. The molecule has 1 aliphatic carbocycles. The van der Waals surface area contributed by atoms with Gasteiger partial charge < -0.3 is 4.74 Å². The summed E-state index contributed by atoms with van der Waals surface area (Å²) in [5.41, 5.74) is 2.10. The molecule has 0 spiro atoms. The molecule has 1 aromatic heterocycles. The van der Waals surface area contributed by atoms with Gasteiger partial charge in [-0.2, -0.15) is 4.98 Å². The van der Waals surface area contributed by atoms with E-state index in [1.54, 1.807) is 0 Å². The van der Waals surface area contributed by atoms with Crippen LogP contribution in [0, 0.1) is 0 Å². The number of rotatable bonds is 2. The molecule has 3 nitrogen and oxygen atoms in total. The number of halogens is 1. The van der Waals surface area contributed by atoms with Gasteiger partial charge in [0.1, 0.15) is 6.10 Å². The van der Waals surface area contributed by atoms with Gasteiger partial charge in [-0.15, -0.1) is 0 Å². The second kappa shape index (κ2) is 4.92. The number of aromatic nitrogens is 2. The third-order valence-electron chi connectivity index (χ3n) is 3.63. The van der Waals surface area contributed by atoms with E-state index in [1.165, 1.54) is 19.3 Å². The monoisotopic (exact) mass is 308 g/mol. The third kappa shape index (κ3) is 2.26. The van der Waals surface area contributed by atoms with Crippen molar-refractivity contribution in [2.24, 2.45) is 7.05 Å². The predicted molar refractivity (Wildman–Crippen MR) is 75.9 cm³/mol. The molecule has 1 saturated carbocycles. The number of nitrogens with zero attached hydrogens (tertiary/aromatic N) is 2. The first-order chi connectivity index (χ1) is 8.74. The smallest absolute Gasteiger partial charge is 0.297 e. The van der Waals surface area contributed by atoms with Crippen molar-refractivity contribution >= 4 is 27.0 Å². The molecule has 0 N–H and O–H groups in total. The largest absolute Gasteiger partial charge is 0.461 e. The lowest BCUT2D eigenvalue weighted by Crippen LogP contribution is -2.21. The molecule has 0 aliphatic heterocycles. The summed E-state index contributed by atoms with van der Waals surface area (Å²) in [6, 6.07) is 6.86. The highest BCUT2D eigenvalue weighted by atomic mass is 79.9. The van der Waals surface area contributed by atoms with Crippen LogP contribution in [-0.4, -0.2) is 15.7 Å². The van der Waals surface area contributed by atoms with Crippen LogP contribution >= 0.6 is 15.9 Å². The van der Waals surface area contributed by atoms with Crippen LogP contribution < -0.4 is 4.74 Å². The molecule has 0 unspecified atom stereocenters. The van der Waals surface area contributed by atoms with E-state index in [0.717, 1.165) is 34.4 Å². The first kappa shape index (κ1) is 12.0. The van der Waals surface area contributed by atoms with Gasteiger partial charge in [-0.25, -0.2) is 0 Å². The molecule has 2 aromatic rings. The minimum Gasteiger partial charge on any atom is -0.461 e. The van der Waals surface area contributed by atoms with E-state index >= 15 is 0 Å². The highest BCUT2D eigenvalue weighted by Crippen LogP contribution is 2.27. The molecule has 0 radical (unpaired) electrons. The van der Waals surface area contributed by atoms with Crippen molar-refractivity contribution in [2.45, 2.75) is 38.2 Å². The van der Waals surface area contributed by atoms with Crippen molar-refractivity contribution in [1.82, 2.24) is 9.55 Å². The van der Waals surface area contributed by atoms with E-state index in [9.17, 15) is 0 Å². The summed E-state index contributed by atoms with van der Waals surface area (Å²) in [5, 5.41) is 0. The normalized spacial score (nSPS) is 17.2. The summed E-state index contributed by atoms with van der Waals surface area (Å²) in [4.78, 5) is 4.57. The minimum atomic E-state index is 0.345. The Bertz CT molecular complexity index is 558. The van der Waals surface area contributed by atoms with Crippen molar-refractivity contribution in [3.05, 3.63) is 22.7 Å². The maximum absolute atomic E-state index is 6.05. The van der Waals surface area contributed by atoms with Gasteiger partial charge in [0, 0.05) is 11.5 Å². The van der Waals surface area contributed by atoms with Gasteiger partial charge in [0.2, 0.25) is 0 Å². The van der Waals surface area contributed by atoms with E-state index < -0.39 is 0 Å². The molecule has 1 aromatic carbocycles. The first-order valence-electron chi connectivity index (χ1n) is 6.52. The zero-order valence-corrected chi connectivity index (χ0v) is 12.1. The molecule has 96 valence electrons. The highest BCUT2D eigenvalue weighted by Gasteiger charge is 2.18. The number of hydrogen-bond donors (Lipinski definition) is 0. The van der Waals surface area contributed by atoms with E-state index in [4.69, 9.17) is 4.74 Å². The van der Waals surface area contributed by atoms with Crippen LogP contribution in [0.25, 0.3) is 11.0 Å². The maximum atomic E-state index is 6.05. The maximum Gasteiger partial charge on any atom is 0.297 e. The van der Waals surface area contributed by atoms with Gasteiger partial charge in [-0.1, -0.05) is 22.4 Å². The molecule has 3 rings (SSSR count). The molecule has 0 atom stereocenters. The number of hydrogen-bond acceptors (Lipinski definition) is 2. The number of fused-ring (bicyclic) bond motifs is 1. The molecular weight excluding hydrogens is 292 g/mol. The van der Waals surface area contributed by atoms with Gasteiger partial charge in [0.05, 0.1) is 11.0 Å². The highest BCUT2D eigenvalue weighted by molar-refractivity contribution is 9.10. The van der Waals surface area contributed by atoms with Crippen molar-refractivity contribution < 1.29 is 4.74 Å². The average molecular weight is 309 g/mol.